The molecule has 1 saturated heterocycles. The SMILES string of the molecule is COc1ccccc1CN1C(=O)CSC1=O. The van der Waals surface area contributed by atoms with Crippen molar-refractivity contribution in [2.45, 2.75) is 6.54 Å². The summed E-state index contributed by atoms with van der Waals surface area (Å²) in [6.45, 7) is 0.286. The lowest BCUT2D eigenvalue weighted by Crippen LogP contribution is -2.28. The molecule has 1 aromatic carbocycles. The van der Waals surface area contributed by atoms with Gasteiger partial charge in [-0.3, -0.25) is 14.5 Å². The van der Waals surface area contributed by atoms with Crippen molar-refractivity contribution in [1.29, 1.82) is 0 Å². The van der Waals surface area contributed by atoms with E-state index in [1.54, 1.807) is 7.11 Å². The van der Waals surface area contributed by atoms with Gasteiger partial charge in [0.15, 0.2) is 0 Å². The van der Waals surface area contributed by atoms with Gasteiger partial charge in [0.25, 0.3) is 5.24 Å². The summed E-state index contributed by atoms with van der Waals surface area (Å²) in [5.74, 6) is 0.800. The van der Waals surface area contributed by atoms with E-state index < -0.39 is 0 Å². The van der Waals surface area contributed by atoms with Crippen LogP contribution in [0, 0.1) is 0 Å². The van der Waals surface area contributed by atoms with Crippen LogP contribution >= 0.6 is 11.8 Å². The quantitative estimate of drug-likeness (QED) is 0.805. The summed E-state index contributed by atoms with van der Waals surface area (Å²) in [5.41, 5.74) is 0.842. The number of carbonyl (C=O) groups excluding carboxylic acids is 2. The summed E-state index contributed by atoms with van der Waals surface area (Å²) >= 11 is 1.04. The number of methoxy groups -OCH3 is 1. The largest absolute Gasteiger partial charge is 0.496 e. The number of nitrogens with zero attached hydrogens (tertiary/aromatic N) is 1. The van der Waals surface area contributed by atoms with Crippen molar-refractivity contribution in [3.05, 3.63) is 29.8 Å². The molecule has 2 rings (SSSR count). The van der Waals surface area contributed by atoms with E-state index in [0.717, 1.165) is 17.3 Å². The summed E-state index contributed by atoms with van der Waals surface area (Å²) in [6.07, 6.45) is 0. The van der Waals surface area contributed by atoms with Gasteiger partial charge in [0.05, 0.1) is 19.4 Å². The maximum absolute atomic E-state index is 11.4. The van der Waals surface area contributed by atoms with E-state index >= 15 is 0 Å². The van der Waals surface area contributed by atoms with E-state index in [-0.39, 0.29) is 23.4 Å². The Morgan fingerprint density at radius 2 is 2.12 bits per heavy atom. The lowest BCUT2D eigenvalue weighted by atomic mass is 10.2. The maximum atomic E-state index is 11.4. The second-order valence-corrected chi connectivity index (χ2v) is 4.27. The van der Waals surface area contributed by atoms with Gasteiger partial charge in [0, 0.05) is 5.56 Å². The second kappa shape index (κ2) is 4.57. The van der Waals surface area contributed by atoms with Crippen LogP contribution in [-0.2, 0) is 11.3 Å². The van der Waals surface area contributed by atoms with Gasteiger partial charge in [-0.05, 0) is 6.07 Å². The zero-order valence-electron chi connectivity index (χ0n) is 8.80. The molecule has 1 heterocycles. The number of amides is 2. The number of rotatable bonds is 3. The normalized spacial score (nSPS) is 15.7. The molecular weight excluding hydrogens is 226 g/mol. The lowest BCUT2D eigenvalue weighted by molar-refractivity contribution is -0.125. The number of ether oxygens (including phenoxy) is 1. The van der Waals surface area contributed by atoms with Crippen LogP contribution in [0.4, 0.5) is 4.79 Å². The summed E-state index contributed by atoms with van der Waals surface area (Å²) in [7, 11) is 1.57. The number of imide groups is 1. The Morgan fingerprint density at radius 1 is 1.38 bits per heavy atom. The molecule has 1 aliphatic heterocycles. The molecule has 16 heavy (non-hydrogen) atoms. The molecular formula is C11H11NO3S. The maximum Gasteiger partial charge on any atom is 0.289 e. The smallest absolute Gasteiger partial charge is 0.289 e. The minimum atomic E-state index is -0.184. The fraction of sp³-hybridized carbons (Fsp3) is 0.273. The highest BCUT2D eigenvalue weighted by Crippen LogP contribution is 2.25. The van der Waals surface area contributed by atoms with Crippen molar-refractivity contribution in [2.75, 3.05) is 12.9 Å². The average Bonchev–Trinajstić information content (AvgIpc) is 2.61. The molecule has 0 spiro atoms. The molecule has 1 aromatic rings. The molecule has 0 unspecified atom stereocenters. The first-order valence-electron chi connectivity index (χ1n) is 4.81. The van der Waals surface area contributed by atoms with E-state index in [0.29, 0.717) is 5.75 Å². The van der Waals surface area contributed by atoms with Crippen LogP contribution in [-0.4, -0.2) is 28.9 Å². The Hall–Kier alpha value is -1.49. The predicted molar refractivity (Wildman–Crippen MR) is 61.4 cm³/mol. The molecule has 0 N–H and O–H groups in total. The van der Waals surface area contributed by atoms with Crippen LogP contribution < -0.4 is 4.74 Å². The molecule has 5 heteroatoms. The Labute approximate surface area is 97.6 Å². The van der Waals surface area contributed by atoms with Crippen LogP contribution in [0.1, 0.15) is 5.56 Å². The van der Waals surface area contributed by atoms with E-state index in [1.807, 2.05) is 24.3 Å². The summed E-state index contributed by atoms with van der Waals surface area (Å²) in [6, 6.07) is 7.37. The molecule has 2 amide bonds. The van der Waals surface area contributed by atoms with Crippen molar-refractivity contribution < 1.29 is 14.3 Å². The molecule has 0 atom stereocenters. The Morgan fingerprint density at radius 3 is 2.75 bits per heavy atom. The molecule has 1 aliphatic rings. The topological polar surface area (TPSA) is 46.6 Å². The molecule has 0 radical (unpaired) electrons. The van der Waals surface area contributed by atoms with E-state index in [9.17, 15) is 9.59 Å². The standard InChI is InChI=1S/C11H11NO3S/c1-15-9-5-3-2-4-8(9)6-12-10(13)7-16-11(12)14/h2-5H,6-7H2,1H3. The monoisotopic (exact) mass is 237 g/mol. The van der Waals surface area contributed by atoms with Crippen molar-refractivity contribution in [3.63, 3.8) is 0 Å². The number of para-hydroxylation sites is 1. The van der Waals surface area contributed by atoms with Crippen LogP contribution in [0.25, 0.3) is 0 Å². The number of benzene rings is 1. The van der Waals surface area contributed by atoms with Crippen molar-refractivity contribution in [3.8, 4) is 5.75 Å². The second-order valence-electron chi connectivity index (χ2n) is 3.35. The lowest BCUT2D eigenvalue weighted by Gasteiger charge is -2.14. The number of thioether (sulfide) groups is 1. The first-order chi connectivity index (χ1) is 7.72. The van der Waals surface area contributed by atoms with E-state index in [4.69, 9.17) is 4.74 Å². The van der Waals surface area contributed by atoms with Crippen molar-refractivity contribution >= 4 is 22.9 Å². The third kappa shape index (κ3) is 2.04. The first kappa shape index (κ1) is 11.0. The van der Waals surface area contributed by atoms with Crippen LogP contribution in [0.5, 0.6) is 5.75 Å². The molecule has 0 saturated carbocycles. The fourth-order valence-corrected chi connectivity index (χ4v) is 2.26. The zero-order valence-corrected chi connectivity index (χ0v) is 9.62. The minimum absolute atomic E-state index is 0.138. The van der Waals surface area contributed by atoms with Crippen molar-refractivity contribution in [2.24, 2.45) is 0 Å². The Kier molecular flexibility index (Phi) is 3.14. The molecule has 1 fully saturated rings. The molecule has 4 nitrogen and oxygen atoms in total. The molecule has 0 aliphatic carbocycles. The third-order valence-corrected chi connectivity index (χ3v) is 3.22. The van der Waals surface area contributed by atoms with Crippen LogP contribution in [0.3, 0.4) is 0 Å². The Balaban J connectivity index is 2.20. The van der Waals surface area contributed by atoms with Gasteiger partial charge >= 0.3 is 0 Å². The first-order valence-corrected chi connectivity index (χ1v) is 5.80. The Bertz CT molecular complexity index is 417. The molecule has 0 bridgehead atoms. The van der Waals surface area contributed by atoms with Gasteiger partial charge in [0.1, 0.15) is 5.75 Å². The van der Waals surface area contributed by atoms with E-state index in [2.05, 4.69) is 0 Å². The number of hydrogen-bond donors (Lipinski definition) is 0. The van der Waals surface area contributed by atoms with Gasteiger partial charge in [0.2, 0.25) is 5.91 Å². The van der Waals surface area contributed by atoms with E-state index in [1.165, 1.54) is 4.90 Å². The fourth-order valence-electron chi connectivity index (χ4n) is 1.54. The van der Waals surface area contributed by atoms with Crippen LogP contribution in [0.15, 0.2) is 24.3 Å². The van der Waals surface area contributed by atoms with Crippen molar-refractivity contribution in [1.82, 2.24) is 4.90 Å². The summed E-state index contributed by atoms with van der Waals surface area (Å²) in [5, 5.41) is -0.184. The number of hydrogen-bond acceptors (Lipinski definition) is 4. The van der Waals surface area contributed by atoms with Gasteiger partial charge < -0.3 is 4.74 Å². The molecule has 0 aromatic heterocycles. The van der Waals surface area contributed by atoms with Gasteiger partial charge in [-0.25, -0.2) is 0 Å². The minimum Gasteiger partial charge on any atom is -0.496 e. The predicted octanol–water partition coefficient (Wildman–Crippen LogP) is 1.89. The zero-order chi connectivity index (χ0) is 11.5. The average molecular weight is 237 g/mol. The highest BCUT2D eigenvalue weighted by atomic mass is 32.2. The van der Waals surface area contributed by atoms with Crippen LogP contribution in [0.2, 0.25) is 0 Å². The highest BCUT2D eigenvalue weighted by Gasteiger charge is 2.30. The third-order valence-electron chi connectivity index (χ3n) is 2.36. The molecule has 84 valence electrons. The summed E-state index contributed by atoms with van der Waals surface area (Å²) < 4.78 is 5.17. The highest BCUT2D eigenvalue weighted by molar-refractivity contribution is 8.14. The van der Waals surface area contributed by atoms with Gasteiger partial charge in [-0.15, -0.1) is 0 Å². The number of carbonyl (C=O) groups is 2. The summed E-state index contributed by atoms with van der Waals surface area (Å²) in [4.78, 5) is 24.1. The van der Waals surface area contributed by atoms with Gasteiger partial charge in [-0.1, -0.05) is 30.0 Å². The van der Waals surface area contributed by atoms with Gasteiger partial charge in [-0.2, -0.15) is 0 Å².